The summed E-state index contributed by atoms with van der Waals surface area (Å²) in [5, 5.41) is 0. The van der Waals surface area contributed by atoms with Crippen LogP contribution in [0.3, 0.4) is 0 Å². The summed E-state index contributed by atoms with van der Waals surface area (Å²) in [4.78, 5) is 3.19. The van der Waals surface area contributed by atoms with Crippen LogP contribution in [0.2, 0.25) is 0 Å². The largest absolute Gasteiger partial charge is 0.492 e. The molecule has 0 unspecified atom stereocenters. The zero-order valence-electron chi connectivity index (χ0n) is 17.9. The SMILES string of the molecule is CCCc1cc(-c2cnsc2-c2ccc(N(C)C)cc2)c(OC)c(OC)c1OC. The fraction of sp³-hybridized carbons (Fsp3) is 0.348. The number of anilines is 1. The predicted molar refractivity (Wildman–Crippen MR) is 121 cm³/mol. The quantitative estimate of drug-likeness (QED) is 0.487. The van der Waals surface area contributed by atoms with E-state index >= 15 is 0 Å². The Hall–Kier alpha value is -2.73. The van der Waals surface area contributed by atoms with Crippen LogP contribution in [0.25, 0.3) is 21.6 Å². The first-order valence-electron chi connectivity index (χ1n) is 9.60. The molecule has 0 atom stereocenters. The van der Waals surface area contributed by atoms with Gasteiger partial charge in [0.25, 0.3) is 0 Å². The van der Waals surface area contributed by atoms with Crippen LogP contribution in [0.15, 0.2) is 36.5 Å². The maximum atomic E-state index is 5.77. The highest BCUT2D eigenvalue weighted by molar-refractivity contribution is 7.10. The minimum atomic E-state index is 0.621. The minimum Gasteiger partial charge on any atom is -0.492 e. The van der Waals surface area contributed by atoms with Gasteiger partial charge in [0.1, 0.15) is 0 Å². The fourth-order valence-corrected chi connectivity index (χ4v) is 4.26. The second-order valence-corrected chi connectivity index (χ2v) is 7.74. The van der Waals surface area contributed by atoms with Gasteiger partial charge in [0, 0.05) is 37.1 Å². The lowest BCUT2D eigenvalue weighted by Gasteiger charge is -2.19. The second-order valence-electron chi connectivity index (χ2n) is 6.94. The summed E-state index contributed by atoms with van der Waals surface area (Å²) in [7, 11) is 9.05. The topological polar surface area (TPSA) is 43.8 Å². The highest BCUT2D eigenvalue weighted by Gasteiger charge is 2.24. The Bertz CT molecular complexity index is 965. The number of methoxy groups -OCH3 is 3. The molecule has 0 amide bonds. The molecule has 0 saturated carbocycles. The maximum Gasteiger partial charge on any atom is 0.204 e. The summed E-state index contributed by atoms with van der Waals surface area (Å²) in [5.74, 6) is 2.02. The van der Waals surface area contributed by atoms with Gasteiger partial charge in [-0.1, -0.05) is 25.5 Å². The van der Waals surface area contributed by atoms with Gasteiger partial charge in [0.05, 0.1) is 26.2 Å². The highest BCUT2D eigenvalue weighted by Crippen LogP contribution is 2.49. The summed E-state index contributed by atoms with van der Waals surface area (Å²) >= 11 is 1.48. The molecule has 0 N–H and O–H groups in total. The van der Waals surface area contributed by atoms with Gasteiger partial charge < -0.3 is 19.1 Å². The van der Waals surface area contributed by atoms with Crippen molar-refractivity contribution in [3.05, 3.63) is 42.1 Å². The van der Waals surface area contributed by atoms with Crippen LogP contribution < -0.4 is 19.1 Å². The molecule has 154 valence electrons. The third-order valence-corrected chi connectivity index (χ3v) is 5.75. The van der Waals surface area contributed by atoms with Crippen molar-refractivity contribution < 1.29 is 14.2 Å². The van der Waals surface area contributed by atoms with Crippen LogP contribution in [0.4, 0.5) is 5.69 Å². The predicted octanol–water partition coefficient (Wildman–Crippen LogP) is 5.52. The molecule has 3 aromatic rings. The Labute approximate surface area is 177 Å². The Kier molecular flexibility index (Phi) is 6.64. The number of hydrogen-bond donors (Lipinski definition) is 0. The van der Waals surface area contributed by atoms with Crippen LogP contribution in [0.5, 0.6) is 17.2 Å². The van der Waals surface area contributed by atoms with Gasteiger partial charge in [-0.2, -0.15) is 4.37 Å². The first kappa shape index (κ1) is 21.0. The summed E-state index contributed by atoms with van der Waals surface area (Å²) in [6.45, 7) is 2.15. The molecule has 0 aliphatic carbocycles. The Balaban J connectivity index is 2.19. The van der Waals surface area contributed by atoms with Gasteiger partial charge in [-0.3, -0.25) is 0 Å². The number of benzene rings is 2. The van der Waals surface area contributed by atoms with Crippen molar-refractivity contribution in [1.82, 2.24) is 4.37 Å². The Morgan fingerprint density at radius 3 is 2.10 bits per heavy atom. The molecule has 0 aliphatic rings. The minimum absolute atomic E-state index is 0.621. The molecule has 0 radical (unpaired) electrons. The molecule has 0 fully saturated rings. The average molecular weight is 413 g/mol. The van der Waals surface area contributed by atoms with Crippen molar-refractivity contribution in [2.75, 3.05) is 40.3 Å². The number of rotatable bonds is 8. The molecular formula is C23H28N2O3S. The van der Waals surface area contributed by atoms with Crippen LogP contribution in [-0.2, 0) is 6.42 Å². The molecule has 6 heteroatoms. The Morgan fingerprint density at radius 2 is 1.55 bits per heavy atom. The molecule has 0 aliphatic heterocycles. The first-order chi connectivity index (χ1) is 14.0. The number of aromatic nitrogens is 1. The molecule has 29 heavy (non-hydrogen) atoms. The van der Waals surface area contributed by atoms with E-state index in [1.807, 2.05) is 20.3 Å². The molecule has 0 spiro atoms. The lowest BCUT2D eigenvalue weighted by Crippen LogP contribution is -2.07. The molecule has 0 saturated heterocycles. The van der Waals surface area contributed by atoms with Crippen LogP contribution in [-0.4, -0.2) is 39.8 Å². The van der Waals surface area contributed by atoms with Gasteiger partial charge in [0.2, 0.25) is 5.75 Å². The smallest absolute Gasteiger partial charge is 0.204 e. The van der Waals surface area contributed by atoms with Crippen molar-refractivity contribution in [1.29, 1.82) is 0 Å². The van der Waals surface area contributed by atoms with E-state index in [1.54, 1.807) is 21.3 Å². The summed E-state index contributed by atoms with van der Waals surface area (Å²) in [5.41, 5.74) is 5.38. The average Bonchev–Trinajstić information content (AvgIpc) is 3.22. The lowest BCUT2D eigenvalue weighted by atomic mass is 9.97. The molecule has 1 aromatic heterocycles. The zero-order chi connectivity index (χ0) is 21.0. The summed E-state index contributed by atoms with van der Waals surface area (Å²) in [6, 6.07) is 10.6. The van der Waals surface area contributed by atoms with Crippen LogP contribution >= 0.6 is 11.5 Å². The fourth-order valence-electron chi connectivity index (χ4n) is 3.49. The number of ether oxygens (including phenoxy) is 3. The zero-order valence-corrected chi connectivity index (χ0v) is 18.7. The maximum absolute atomic E-state index is 5.77. The second kappa shape index (κ2) is 9.18. The standard InChI is InChI=1S/C23H28N2O3S/c1-7-8-16-13-18(21(27-5)22(28-6)20(16)26-4)19-14-24-29-23(19)15-9-11-17(12-10-15)25(2)3/h9-14H,7-8H2,1-6H3. The monoisotopic (exact) mass is 412 g/mol. The molecule has 2 aromatic carbocycles. The molecular weight excluding hydrogens is 384 g/mol. The summed E-state index contributed by atoms with van der Waals surface area (Å²) in [6.07, 6.45) is 3.80. The number of nitrogens with zero attached hydrogens (tertiary/aromatic N) is 2. The third-order valence-electron chi connectivity index (χ3n) is 4.91. The lowest BCUT2D eigenvalue weighted by molar-refractivity contribution is 0.323. The van der Waals surface area contributed by atoms with Crippen molar-refractivity contribution in [3.8, 4) is 38.8 Å². The van der Waals surface area contributed by atoms with Crippen molar-refractivity contribution >= 4 is 17.2 Å². The number of hydrogen-bond acceptors (Lipinski definition) is 6. The molecule has 5 nitrogen and oxygen atoms in total. The van der Waals surface area contributed by atoms with Gasteiger partial charge in [-0.15, -0.1) is 0 Å². The highest BCUT2D eigenvalue weighted by atomic mass is 32.1. The van der Waals surface area contributed by atoms with Crippen LogP contribution in [0, 0.1) is 0 Å². The van der Waals surface area contributed by atoms with Gasteiger partial charge >= 0.3 is 0 Å². The van der Waals surface area contributed by atoms with E-state index in [1.165, 1.54) is 11.5 Å². The van der Waals surface area contributed by atoms with Crippen LogP contribution in [0.1, 0.15) is 18.9 Å². The van der Waals surface area contributed by atoms with Gasteiger partial charge in [-0.25, -0.2) is 0 Å². The van der Waals surface area contributed by atoms with E-state index in [4.69, 9.17) is 14.2 Å². The van der Waals surface area contributed by atoms with E-state index in [0.29, 0.717) is 11.5 Å². The molecule has 1 heterocycles. The van der Waals surface area contributed by atoms with Crippen molar-refractivity contribution in [2.24, 2.45) is 0 Å². The van der Waals surface area contributed by atoms with Crippen molar-refractivity contribution in [2.45, 2.75) is 19.8 Å². The van der Waals surface area contributed by atoms with E-state index in [9.17, 15) is 0 Å². The molecule has 0 bridgehead atoms. The van der Waals surface area contributed by atoms with Gasteiger partial charge in [-0.05, 0) is 47.3 Å². The Morgan fingerprint density at radius 1 is 0.897 bits per heavy atom. The van der Waals surface area contributed by atoms with E-state index in [-0.39, 0.29) is 0 Å². The normalized spacial score (nSPS) is 10.7. The first-order valence-corrected chi connectivity index (χ1v) is 10.4. The summed E-state index contributed by atoms with van der Waals surface area (Å²) < 4.78 is 21.6. The van der Waals surface area contributed by atoms with Crippen molar-refractivity contribution in [3.63, 3.8) is 0 Å². The van der Waals surface area contributed by atoms with E-state index in [0.717, 1.165) is 51.4 Å². The molecule has 3 rings (SSSR count). The third kappa shape index (κ3) is 4.03. The number of aryl methyl sites for hydroxylation is 1. The van der Waals surface area contributed by atoms with E-state index < -0.39 is 0 Å². The van der Waals surface area contributed by atoms with Gasteiger partial charge in [0.15, 0.2) is 11.5 Å². The van der Waals surface area contributed by atoms with E-state index in [2.05, 4.69) is 46.5 Å².